The Bertz CT molecular complexity index is 433. The molecule has 0 aliphatic carbocycles. The molecule has 0 aliphatic rings. The lowest BCUT2D eigenvalue weighted by atomic mass is 10.1. The number of rotatable bonds is 8. The van der Waals surface area contributed by atoms with Crippen LogP contribution in [0.5, 0.6) is 11.5 Å². The Kier molecular flexibility index (Phi) is 6.77. The van der Waals surface area contributed by atoms with Crippen LogP contribution in [0.25, 0.3) is 0 Å². The molecule has 0 bridgehead atoms. The first-order chi connectivity index (χ1) is 9.83. The van der Waals surface area contributed by atoms with Gasteiger partial charge in [-0.25, -0.2) is 0 Å². The predicted octanol–water partition coefficient (Wildman–Crippen LogP) is 3.10. The predicted molar refractivity (Wildman–Crippen MR) is 70.6 cm³/mol. The molecule has 0 amide bonds. The third kappa shape index (κ3) is 6.68. The van der Waals surface area contributed by atoms with Crippen LogP contribution in [0.2, 0.25) is 0 Å². The number of methoxy groups -OCH3 is 1. The second-order valence-corrected chi connectivity index (χ2v) is 4.46. The molecule has 1 rings (SSSR count). The molecule has 1 aromatic carbocycles. The molecule has 21 heavy (non-hydrogen) atoms. The molecular formula is C14H19F3O4. The highest BCUT2D eigenvalue weighted by Gasteiger charge is 2.27. The Balaban J connectivity index is 2.38. The summed E-state index contributed by atoms with van der Waals surface area (Å²) in [5.41, 5.74) is 0.688. The van der Waals surface area contributed by atoms with Gasteiger partial charge in [-0.3, -0.25) is 0 Å². The van der Waals surface area contributed by atoms with Crippen molar-refractivity contribution in [1.29, 1.82) is 0 Å². The second-order valence-electron chi connectivity index (χ2n) is 4.46. The van der Waals surface area contributed by atoms with Crippen molar-refractivity contribution in [3.63, 3.8) is 0 Å². The molecule has 120 valence electrons. The number of halogens is 3. The lowest BCUT2D eigenvalue weighted by molar-refractivity contribution is -0.174. The normalized spacial score (nSPS) is 13.0. The molecule has 1 atom stereocenters. The molecule has 0 saturated carbocycles. The van der Waals surface area contributed by atoms with Crippen LogP contribution >= 0.6 is 0 Å². The summed E-state index contributed by atoms with van der Waals surface area (Å²) >= 11 is 0. The van der Waals surface area contributed by atoms with Gasteiger partial charge in [0.15, 0.2) is 11.5 Å². The van der Waals surface area contributed by atoms with Gasteiger partial charge in [-0.1, -0.05) is 6.07 Å². The van der Waals surface area contributed by atoms with E-state index in [1.165, 1.54) is 7.11 Å². The molecule has 4 nitrogen and oxygen atoms in total. The van der Waals surface area contributed by atoms with Gasteiger partial charge in [-0.2, -0.15) is 13.2 Å². The van der Waals surface area contributed by atoms with E-state index in [9.17, 15) is 18.3 Å². The number of aliphatic hydroxyl groups is 1. The van der Waals surface area contributed by atoms with Gasteiger partial charge in [0.1, 0.15) is 6.61 Å². The maximum atomic E-state index is 11.8. The second kappa shape index (κ2) is 8.09. The van der Waals surface area contributed by atoms with Crippen molar-refractivity contribution < 1.29 is 32.5 Å². The van der Waals surface area contributed by atoms with Gasteiger partial charge >= 0.3 is 6.18 Å². The Hall–Kier alpha value is -1.47. The summed E-state index contributed by atoms with van der Waals surface area (Å²) in [6, 6.07) is 5.00. The smallest absolute Gasteiger partial charge is 0.411 e. The fraction of sp³-hybridized carbons (Fsp3) is 0.571. The van der Waals surface area contributed by atoms with E-state index in [-0.39, 0.29) is 13.2 Å². The maximum absolute atomic E-state index is 11.8. The highest BCUT2D eigenvalue weighted by Crippen LogP contribution is 2.30. The molecule has 1 N–H and O–H groups in total. The van der Waals surface area contributed by atoms with Gasteiger partial charge in [-0.15, -0.1) is 0 Å². The SMILES string of the molecule is COc1cc(C(C)O)ccc1OCCCOCC(F)(F)F. The van der Waals surface area contributed by atoms with Crippen molar-refractivity contribution in [2.24, 2.45) is 0 Å². The van der Waals surface area contributed by atoms with E-state index < -0.39 is 18.9 Å². The summed E-state index contributed by atoms with van der Waals surface area (Å²) in [6.45, 7) is 0.558. The van der Waals surface area contributed by atoms with Crippen LogP contribution in [-0.2, 0) is 4.74 Å². The third-order valence-corrected chi connectivity index (χ3v) is 2.63. The van der Waals surface area contributed by atoms with Crippen molar-refractivity contribution in [3.05, 3.63) is 23.8 Å². The number of ether oxygens (including phenoxy) is 3. The number of alkyl halides is 3. The topological polar surface area (TPSA) is 47.9 Å². The summed E-state index contributed by atoms with van der Waals surface area (Å²) < 4.78 is 50.6. The van der Waals surface area contributed by atoms with Gasteiger partial charge in [0.25, 0.3) is 0 Å². The van der Waals surface area contributed by atoms with E-state index in [2.05, 4.69) is 4.74 Å². The first kappa shape index (κ1) is 17.6. The third-order valence-electron chi connectivity index (χ3n) is 2.63. The fourth-order valence-corrected chi connectivity index (χ4v) is 1.59. The Labute approximate surface area is 121 Å². The lowest BCUT2D eigenvalue weighted by Crippen LogP contribution is -2.18. The molecule has 0 aliphatic heterocycles. The van der Waals surface area contributed by atoms with Crippen LogP contribution in [-0.4, -0.2) is 38.2 Å². The minimum absolute atomic E-state index is 0.0341. The van der Waals surface area contributed by atoms with Gasteiger partial charge in [-0.05, 0) is 24.6 Å². The molecular weight excluding hydrogens is 289 g/mol. The van der Waals surface area contributed by atoms with Crippen LogP contribution in [0.15, 0.2) is 18.2 Å². The summed E-state index contributed by atoms with van der Waals surface area (Å²) in [6.07, 6.45) is -4.60. The van der Waals surface area contributed by atoms with Crippen LogP contribution in [0.3, 0.4) is 0 Å². The Morgan fingerprint density at radius 3 is 2.48 bits per heavy atom. The lowest BCUT2D eigenvalue weighted by Gasteiger charge is -2.13. The van der Waals surface area contributed by atoms with Gasteiger partial charge in [0.05, 0.1) is 26.4 Å². The van der Waals surface area contributed by atoms with Crippen molar-refractivity contribution >= 4 is 0 Å². The van der Waals surface area contributed by atoms with E-state index >= 15 is 0 Å². The highest BCUT2D eigenvalue weighted by atomic mass is 19.4. The fourth-order valence-electron chi connectivity index (χ4n) is 1.59. The van der Waals surface area contributed by atoms with Crippen LogP contribution in [0.1, 0.15) is 25.0 Å². The first-order valence-electron chi connectivity index (χ1n) is 6.47. The summed E-state index contributed by atoms with van der Waals surface area (Å²) in [5.74, 6) is 0.933. The first-order valence-corrected chi connectivity index (χ1v) is 6.47. The standard InChI is InChI=1S/C14H19F3O4/c1-10(18)11-4-5-12(13(8-11)19-2)21-7-3-6-20-9-14(15,16)17/h4-5,8,10,18H,3,6-7,9H2,1-2H3. The average molecular weight is 308 g/mol. The average Bonchev–Trinajstić information content (AvgIpc) is 2.41. The van der Waals surface area contributed by atoms with E-state index in [1.54, 1.807) is 25.1 Å². The van der Waals surface area contributed by atoms with E-state index in [1.807, 2.05) is 0 Å². The largest absolute Gasteiger partial charge is 0.493 e. The molecule has 0 aromatic heterocycles. The van der Waals surface area contributed by atoms with E-state index in [4.69, 9.17) is 9.47 Å². The summed E-state index contributed by atoms with van der Waals surface area (Å²) in [5, 5.41) is 9.47. The zero-order valence-corrected chi connectivity index (χ0v) is 11.9. The maximum Gasteiger partial charge on any atom is 0.411 e. The molecule has 1 unspecified atom stereocenters. The van der Waals surface area contributed by atoms with Crippen molar-refractivity contribution in [1.82, 2.24) is 0 Å². The van der Waals surface area contributed by atoms with Crippen molar-refractivity contribution in [2.75, 3.05) is 26.9 Å². The molecule has 1 aromatic rings. The van der Waals surface area contributed by atoms with Gasteiger partial charge in [0, 0.05) is 6.42 Å². The minimum atomic E-state index is -4.30. The van der Waals surface area contributed by atoms with Crippen molar-refractivity contribution in [3.8, 4) is 11.5 Å². The van der Waals surface area contributed by atoms with Crippen LogP contribution in [0.4, 0.5) is 13.2 Å². The van der Waals surface area contributed by atoms with E-state index in [0.29, 0.717) is 23.5 Å². The van der Waals surface area contributed by atoms with Crippen LogP contribution < -0.4 is 9.47 Å². The number of aliphatic hydroxyl groups excluding tert-OH is 1. The number of hydrogen-bond acceptors (Lipinski definition) is 4. The summed E-state index contributed by atoms with van der Waals surface area (Å²) in [4.78, 5) is 0. The molecule has 0 radical (unpaired) electrons. The Morgan fingerprint density at radius 2 is 1.90 bits per heavy atom. The molecule has 0 fully saturated rings. The van der Waals surface area contributed by atoms with Crippen LogP contribution in [0, 0.1) is 0 Å². The Morgan fingerprint density at radius 1 is 1.19 bits per heavy atom. The number of hydrogen-bond donors (Lipinski definition) is 1. The van der Waals surface area contributed by atoms with Gasteiger partial charge < -0.3 is 19.3 Å². The monoisotopic (exact) mass is 308 g/mol. The zero-order chi connectivity index (χ0) is 15.9. The minimum Gasteiger partial charge on any atom is -0.493 e. The quantitative estimate of drug-likeness (QED) is 0.750. The summed E-state index contributed by atoms with van der Waals surface area (Å²) in [7, 11) is 1.47. The highest BCUT2D eigenvalue weighted by molar-refractivity contribution is 5.43. The van der Waals surface area contributed by atoms with Gasteiger partial charge in [0.2, 0.25) is 0 Å². The molecule has 7 heteroatoms. The molecule has 0 spiro atoms. The number of benzene rings is 1. The molecule has 0 heterocycles. The van der Waals surface area contributed by atoms with Crippen molar-refractivity contribution in [2.45, 2.75) is 25.6 Å². The molecule has 0 saturated heterocycles. The van der Waals surface area contributed by atoms with E-state index in [0.717, 1.165) is 0 Å². The zero-order valence-electron chi connectivity index (χ0n) is 11.9.